The molecule has 1 saturated carbocycles. The zero-order valence-corrected chi connectivity index (χ0v) is 16.6. The van der Waals surface area contributed by atoms with Crippen molar-refractivity contribution in [3.8, 4) is 28.6 Å². The van der Waals surface area contributed by atoms with Crippen molar-refractivity contribution in [2.45, 2.75) is 31.4 Å². The molecule has 1 fully saturated rings. The third-order valence-electron chi connectivity index (χ3n) is 5.79. The second-order valence-corrected chi connectivity index (χ2v) is 8.19. The first-order chi connectivity index (χ1) is 14.4. The first-order valence-corrected chi connectivity index (χ1v) is 9.92. The Kier molecular flexibility index (Phi) is 4.09. The molecule has 0 bridgehead atoms. The van der Waals surface area contributed by atoms with E-state index < -0.39 is 5.60 Å². The van der Waals surface area contributed by atoms with Gasteiger partial charge in [-0.25, -0.2) is 9.67 Å². The van der Waals surface area contributed by atoms with Gasteiger partial charge in [-0.3, -0.25) is 0 Å². The predicted octanol–water partition coefficient (Wildman–Crippen LogP) is 4.31. The Morgan fingerprint density at radius 2 is 1.83 bits per heavy atom. The van der Waals surface area contributed by atoms with Crippen molar-refractivity contribution < 1.29 is 5.11 Å². The highest BCUT2D eigenvalue weighted by Crippen LogP contribution is 2.43. The number of nitriles is 1. The highest BCUT2D eigenvalue weighted by atomic mass is 16.3. The fourth-order valence-corrected chi connectivity index (χ4v) is 4.20. The summed E-state index contributed by atoms with van der Waals surface area (Å²) in [7, 11) is 0. The predicted molar refractivity (Wildman–Crippen MR) is 116 cm³/mol. The Morgan fingerprint density at radius 1 is 1.10 bits per heavy atom. The lowest BCUT2D eigenvalue weighted by molar-refractivity contribution is -0.0535. The third-order valence-corrected chi connectivity index (χ3v) is 5.79. The quantitative estimate of drug-likeness (QED) is 0.538. The second-order valence-electron chi connectivity index (χ2n) is 8.19. The molecule has 5 rings (SSSR count). The molecule has 3 N–H and O–H groups in total. The van der Waals surface area contributed by atoms with Crippen LogP contribution in [0.15, 0.2) is 60.7 Å². The van der Waals surface area contributed by atoms with Crippen LogP contribution in [0.4, 0.5) is 5.82 Å². The van der Waals surface area contributed by atoms with Crippen LogP contribution in [-0.4, -0.2) is 25.5 Å². The van der Waals surface area contributed by atoms with E-state index in [1.165, 1.54) is 0 Å². The Hall–Kier alpha value is -3.69. The van der Waals surface area contributed by atoms with Gasteiger partial charge in [0.25, 0.3) is 0 Å². The molecule has 6 heteroatoms. The summed E-state index contributed by atoms with van der Waals surface area (Å²) in [6.45, 7) is 1.80. The van der Waals surface area contributed by atoms with Crippen LogP contribution in [0.25, 0.3) is 33.4 Å². The molecule has 1 aliphatic carbocycles. The Bertz CT molecular complexity index is 1290. The number of aromatic nitrogens is 3. The summed E-state index contributed by atoms with van der Waals surface area (Å²) in [6, 6.07) is 22.1. The lowest BCUT2D eigenvalue weighted by Crippen LogP contribution is -2.42. The van der Waals surface area contributed by atoms with Crippen molar-refractivity contribution >= 4 is 16.7 Å². The second kappa shape index (κ2) is 6.68. The summed E-state index contributed by atoms with van der Waals surface area (Å²) >= 11 is 0. The monoisotopic (exact) mass is 395 g/mol. The highest BCUT2D eigenvalue weighted by molar-refractivity contribution is 5.87. The number of hydrogen-bond acceptors (Lipinski definition) is 5. The van der Waals surface area contributed by atoms with Crippen LogP contribution in [0.5, 0.6) is 0 Å². The molecular formula is C24H21N5O. The van der Waals surface area contributed by atoms with E-state index >= 15 is 0 Å². The minimum atomic E-state index is -0.698. The number of benzene rings is 2. The van der Waals surface area contributed by atoms with Gasteiger partial charge in [-0.1, -0.05) is 48.5 Å². The normalized spacial score (nSPS) is 20.6. The molecule has 1 aliphatic rings. The highest BCUT2D eigenvalue weighted by Gasteiger charge is 2.41. The number of rotatable bonds is 3. The van der Waals surface area contributed by atoms with E-state index in [0.717, 1.165) is 27.7 Å². The van der Waals surface area contributed by atoms with E-state index in [-0.39, 0.29) is 6.04 Å². The van der Waals surface area contributed by atoms with Crippen LogP contribution in [0.1, 0.15) is 31.4 Å². The summed E-state index contributed by atoms with van der Waals surface area (Å²) in [4.78, 5) is 4.82. The SMILES string of the molecule is CC1(O)CC(n2nc(-c3ccc4ccc(-c5ccccc5)nc4c3)c(C#N)c2N)C1. The number of nitrogens with zero attached hydrogens (tertiary/aromatic N) is 4. The van der Waals surface area contributed by atoms with Crippen molar-refractivity contribution in [3.05, 3.63) is 66.2 Å². The van der Waals surface area contributed by atoms with Gasteiger partial charge in [-0.05, 0) is 31.9 Å². The number of aliphatic hydroxyl groups is 1. The van der Waals surface area contributed by atoms with Gasteiger partial charge in [0.1, 0.15) is 23.1 Å². The van der Waals surface area contributed by atoms with Gasteiger partial charge in [0.05, 0.1) is 22.9 Å². The van der Waals surface area contributed by atoms with Crippen LogP contribution >= 0.6 is 0 Å². The first-order valence-electron chi connectivity index (χ1n) is 9.92. The molecule has 0 saturated heterocycles. The molecule has 2 heterocycles. The molecule has 0 atom stereocenters. The average Bonchev–Trinajstić information content (AvgIpc) is 3.07. The van der Waals surface area contributed by atoms with Gasteiger partial charge in [-0.15, -0.1) is 0 Å². The third kappa shape index (κ3) is 3.00. The van der Waals surface area contributed by atoms with Gasteiger partial charge in [0, 0.05) is 16.5 Å². The molecule has 148 valence electrons. The lowest BCUT2D eigenvalue weighted by atomic mass is 9.77. The van der Waals surface area contributed by atoms with Gasteiger partial charge >= 0.3 is 0 Å². The maximum Gasteiger partial charge on any atom is 0.140 e. The van der Waals surface area contributed by atoms with Gasteiger partial charge in [0.2, 0.25) is 0 Å². The fraction of sp³-hybridized carbons (Fsp3) is 0.208. The molecule has 0 amide bonds. The molecule has 2 aromatic carbocycles. The smallest absolute Gasteiger partial charge is 0.140 e. The number of hydrogen-bond donors (Lipinski definition) is 2. The maximum atomic E-state index is 10.1. The van der Waals surface area contributed by atoms with Gasteiger partial charge < -0.3 is 10.8 Å². The Labute approximate surface area is 174 Å². The van der Waals surface area contributed by atoms with E-state index in [0.29, 0.717) is 29.9 Å². The molecular weight excluding hydrogens is 374 g/mol. The van der Waals surface area contributed by atoms with Crippen molar-refractivity contribution in [3.63, 3.8) is 0 Å². The first kappa shape index (κ1) is 18.3. The lowest BCUT2D eigenvalue weighted by Gasteiger charge is -2.41. The minimum Gasteiger partial charge on any atom is -0.390 e. The largest absolute Gasteiger partial charge is 0.390 e. The minimum absolute atomic E-state index is 0.00381. The summed E-state index contributed by atoms with van der Waals surface area (Å²) in [6.07, 6.45) is 1.14. The van der Waals surface area contributed by atoms with Crippen molar-refractivity contribution in [2.24, 2.45) is 0 Å². The molecule has 0 radical (unpaired) electrons. The summed E-state index contributed by atoms with van der Waals surface area (Å²) < 4.78 is 1.68. The van der Waals surface area contributed by atoms with E-state index in [2.05, 4.69) is 11.2 Å². The van der Waals surface area contributed by atoms with Crippen molar-refractivity contribution in [2.75, 3.05) is 5.73 Å². The summed E-state index contributed by atoms with van der Waals surface area (Å²) in [5, 5.41) is 25.4. The Balaban J connectivity index is 1.58. The van der Waals surface area contributed by atoms with Crippen LogP contribution in [0.2, 0.25) is 0 Å². The number of fused-ring (bicyclic) bond motifs is 1. The molecule has 4 aromatic rings. The summed E-state index contributed by atoms with van der Waals surface area (Å²) in [5.74, 6) is 0.346. The average molecular weight is 395 g/mol. The standard InChI is InChI=1S/C24H21N5O/c1-24(30)12-18(13-24)29-23(26)19(14-25)22(28-29)17-8-7-16-9-10-20(27-21(16)11-17)15-5-3-2-4-6-15/h2-11,18,30H,12-13,26H2,1H3. The molecule has 30 heavy (non-hydrogen) atoms. The van der Waals surface area contributed by atoms with Gasteiger partial charge in [0.15, 0.2) is 0 Å². The zero-order chi connectivity index (χ0) is 20.9. The van der Waals surface area contributed by atoms with E-state index in [1.807, 2.05) is 60.7 Å². The van der Waals surface area contributed by atoms with E-state index in [9.17, 15) is 10.4 Å². The fourth-order valence-electron chi connectivity index (χ4n) is 4.20. The molecule has 0 aliphatic heterocycles. The van der Waals surface area contributed by atoms with Crippen LogP contribution < -0.4 is 5.73 Å². The number of anilines is 1. The van der Waals surface area contributed by atoms with E-state index in [1.54, 1.807) is 11.6 Å². The molecule has 0 spiro atoms. The van der Waals surface area contributed by atoms with E-state index in [4.69, 9.17) is 10.7 Å². The van der Waals surface area contributed by atoms with Crippen LogP contribution in [-0.2, 0) is 0 Å². The van der Waals surface area contributed by atoms with Gasteiger partial charge in [-0.2, -0.15) is 10.4 Å². The zero-order valence-electron chi connectivity index (χ0n) is 16.6. The van der Waals surface area contributed by atoms with Crippen LogP contribution in [0, 0.1) is 11.3 Å². The topological polar surface area (TPSA) is 101 Å². The maximum absolute atomic E-state index is 10.1. The molecule has 0 unspecified atom stereocenters. The number of nitrogens with two attached hydrogens (primary N) is 1. The number of nitrogen functional groups attached to an aromatic ring is 1. The van der Waals surface area contributed by atoms with Crippen LogP contribution in [0.3, 0.4) is 0 Å². The summed E-state index contributed by atoms with van der Waals surface area (Å²) in [5.41, 5.74) is 10.0. The molecule has 6 nitrogen and oxygen atoms in total. The van der Waals surface area contributed by atoms with Crippen molar-refractivity contribution in [1.82, 2.24) is 14.8 Å². The molecule has 2 aromatic heterocycles. The Morgan fingerprint density at radius 3 is 2.53 bits per heavy atom. The van der Waals surface area contributed by atoms with Crippen molar-refractivity contribution in [1.29, 1.82) is 5.26 Å². The number of pyridine rings is 1.